The maximum atomic E-state index is 11.2. The molecule has 1 heterocycles. The molecule has 0 bridgehead atoms. The van der Waals surface area contributed by atoms with E-state index in [4.69, 9.17) is 0 Å². The first-order chi connectivity index (χ1) is 8.27. The summed E-state index contributed by atoms with van der Waals surface area (Å²) in [5.74, 6) is -0.922. The monoisotopic (exact) mass is 223 g/mol. The van der Waals surface area contributed by atoms with Gasteiger partial charge in [-0.05, 0) is 17.5 Å². The van der Waals surface area contributed by atoms with Crippen LogP contribution in [0.5, 0.6) is 0 Å². The number of hydrogen-bond acceptors (Lipinski definition) is 2. The van der Waals surface area contributed by atoms with Crippen LogP contribution >= 0.6 is 0 Å². The Morgan fingerprint density at radius 1 is 1.06 bits per heavy atom. The molecule has 3 nitrogen and oxygen atoms in total. The Kier molecular flexibility index (Phi) is 2.05. The summed E-state index contributed by atoms with van der Waals surface area (Å²) >= 11 is 0. The molecule has 2 aromatic carbocycles. The van der Waals surface area contributed by atoms with Gasteiger partial charge in [0.25, 0.3) is 0 Å². The second-order valence-corrected chi connectivity index (χ2v) is 3.85. The molecule has 0 spiro atoms. The lowest BCUT2D eigenvalue weighted by Crippen LogP contribution is -1.98. The molecule has 0 fully saturated rings. The first-order valence-electron chi connectivity index (χ1n) is 5.27. The number of nitrogens with zero attached hydrogens (tertiary/aromatic N) is 1. The summed E-state index contributed by atoms with van der Waals surface area (Å²) in [5.41, 5.74) is 1.04. The molecule has 17 heavy (non-hydrogen) atoms. The zero-order valence-corrected chi connectivity index (χ0v) is 8.92. The maximum absolute atomic E-state index is 11.2. The second-order valence-electron chi connectivity index (χ2n) is 3.85. The predicted octanol–water partition coefficient (Wildman–Crippen LogP) is 3.09. The van der Waals surface area contributed by atoms with Crippen LogP contribution in [0.25, 0.3) is 21.7 Å². The van der Waals surface area contributed by atoms with E-state index in [1.54, 1.807) is 24.4 Å². The third-order valence-corrected chi connectivity index (χ3v) is 2.84. The molecule has 3 heteroatoms. The number of rotatable bonds is 1. The van der Waals surface area contributed by atoms with E-state index in [9.17, 15) is 9.90 Å². The average molecular weight is 223 g/mol. The van der Waals surface area contributed by atoms with E-state index in [0.717, 1.165) is 16.3 Å². The zero-order chi connectivity index (χ0) is 11.8. The van der Waals surface area contributed by atoms with E-state index in [0.29, 0.717) is 10.9 Å². The number of carboxylic acid groups (broad SMARTS) is 1. The molecule has 0 saturated carbocycles. The molecular formula is C14H9NO2. The molecule has 0 unspecified atom stereocenters. The molecule has 0 aliphatic carbocycles. The number of aromatic carboxylic acids is 1. The Balaban J connectivity index is 2.59. The van der Waals surface area contributed by atoms with E-state index in [1.807, 2.05) is 24.3 Å². The van der Waals surface area contributed by atoms with Crippen LogP contribution in [0.4, 0.5) is 0 Å². The van der Waals surface area contributed by atoms with Crippen molar-refractivity contribution in [3.05, 3.63) is 54.2 Å². The van der Waals surface area contributed by atoms with E-state index in [2.05, 4.69) is 4.98 Å². The van der Waals surface area contributed by atoms with Crippen molar-refractivity contribution < 1.29 is 9.90 Å². The molecule has 1 aromatic heterocycles. The molecule has 82 valence electrons. The minimum absolute atomic E-state index is 0.298. The summed E-state index contributed by atoms with van der Waals surface area (Å²) in [6.07, 6.45) is 1.68. The Bertz CT molecular complexity index is 734. The van der Waals surface area contributed by atoms with Crippen molar-refractivity contribution in [2.24, 2.45) is 0 Å². The molecular weight excluding hydrogens is 214 g/mol. The van der Waals surface area contributed by atoms with Crippen LogP contribution in [0.3, 0.4) is 0 Å². The molecule has 3 rings (SSSR count). The van der Waals surface area contributed by atoms with Gasteiger partial charge in [-0.2, -0.15) is 0 Å². The normalized spacial score (nSPS) is 10.8. The summed E-state index contributed by atoms with van der Waals surface area (Å²) < 4.78 is 0. The van der Waals surface area contributed by atoms with Gasteiger partial charge in [-0.25, -0.2) is 4.79 Å². The van der Waals surface area contributed by atoms with Crippen molar-refractivity contribution in [3.8, 4) is 0 Å². The SMILES string of the molecule is O=C(O)c1cc2ccccc2c2ncccc12. The Hall–Kier alpha value is -2.42. The molecule has 0 aliphatic rings. The lowest BCUT2D eigenvalue weighted by atomic mass is 10.0. The van der Waals surface area contributed by atoms with E-state index in [-0.39, 0.29) is 0 Å². The van der Waals surface area contributed by atoms with E-state index < -0.39 is 5.97 Å². The van der Waals surface area contributed by atoms with Gasteiger partial charge >= 0.3 is 5.97 Å². The van der Waals surface area contributed by atoms with Gasteiger partial charge in [0.2, 0.25) is 0 Å². The fraction of sp³-hybridized carbons (Fsp3) is 0. The fourth-order valence-corrected chi connectivity index (χ4v) is 2.09. The molecule has 0 atom stereocenters. The van der Waals surface area contributed by atoms with Gasteiger partial charge in [0.15, 0.2) is 0 Å². The lowest BCUT2D eigenvalue weighted by molar-refractivity contribution is 0.0699. The number of pyridine rings is 1. The summed E-state index contributed by atoms with van der Waals surface area (Å²) in [4.78, 5) is 15.5. The highest BCUT2D eigenvalue weighted by atomic mass is 16.4. The van der Waals surface area contributed by atoms with Crippen molar-refractivity contribution in [2.45, 2.75) is 0 Å². The molecule has 1 N–H and O–H groups in total. The van der Waals surface area contributed by atoms with Crippen LogP contribution in [-0.4, -0.2) is 16.1 Å². The maximum Gasteiger partial charge on any atom is 0.336 e. The third-order valence-electron chi connectivity index (χ3n) is 2.84. The van der Waals surface area contributed by atoms with Gasteiger partial charge in [0, 0.05) is 17.0 Å². The quantitative estimate of drug-likeness (QED) is 0.645. The average Bonchev–Trinajstić information content (AvgIpc) is 2.37. The third kappa shape index (κ3) is 1.44. The van der Waals surface area contributed by atoms with Crippen molar-refractivity contribution in [1.29, 1.82) is 0 Å². The van der Waals surface area contributed by atoms with E-state index in [1.165, 1.54) is 0 Å². The van der Waals surface area contributed by atoms with Gasteiger partial charge < -0.3 is 5.11 Å². The van der Waals surface area contributed by atoms with Crippen LogP contribution in [-0.2, 0) is 0 Å². The van der Waals surface area contributed by atoms with Crippen molar-refractivity contribution >= 4 is 27.6 Å². The molecule has 0 aliphatic heterocycles. The molecule has 3 aromatic rings. The Morgan fingerprint density at radius 3 is 2.65 bits per heavy atom. The van der Waals surface area contributed by atoms with Gasteiger partial charge in [0.05, 0.1) is 11.1 Å². The number of carboxylic acids is 1. The standard InChI is InChI=1S/C14H9NO2/c16-14(17)12-8-9-4-1-2-5-10(9)13-11(12)6-3-7-15-13/h1-8H,(H,16,17). The Labute approximate surface area is 97.3 Å². The van der Waals surface area contributed by atoms with Gasteiger partial charge in [-0.3, -0.25) is 4.98 Å². The van der Waals surface area contributed by atoms with Crippen LogP contribution in [0.2, 0.25) is 0 Å². The van der Waals surface area contributed by atoms with Crippen molar-refractivity contribution in [2.75, 3.05) is 0 Å². The summed E-state index contributed by atoms with van der Waals surface area (Å²) in [7, 11) is 0. The molecule has 0 saturated heterocycles. The smallest absolute Gasteiger partial charge is 0.336 e. The minimum Gasteiger partial charge on any atom is -0.478 e. The van der Waals surface area contributed by atoms with E-state index >= 15 is 0 Å². The zero-order valence-electron chi connectivity index (χ0n) is 8.92. The van der Waals surface area contributed by atoms with Gasteiger partial charge in [0.1, 0.15) is 0 Å². The fourth-order valence-electron chi connectivity index (χ4n) is 2.09. The van der Waals surface area contributed by atoms with Crippen LogP contribution in [0, 0.1) is 0 Å². The number of carbonyl (C=O) groups is 1. The van der Waals surface area contributed by atoms with Crippen LogP contribution < -0.4 is 0 Å². The van der Waals surface area contributed by atoms with Crippen LogP contribution in [0.15, 0.2) is 48.7 Å². The van der Waals surface area contributed by atoms with Gasteiger partial charge in [-0.15, -0.1) is 0 Å². The topological polar surface area (TPSA) is 50.2 Å². The number of fused-ring (bicyclic) bond motifs is 3. The first-order valence-corrected chi connectivity index (χ1v) is 5.27. The largest absolute Gasteiger partial charge is 0.478 e. The number of aromatic nitrogens is 1. The predicted molar refractivity (Wildman–Crippen MR) is 66.2 cm³/mol. The molecule has 0 radical (unpaired) electrons. The first kappa shape index (κ1) is 9.78. The second kappa shape index (κ2) is 3.56. The lowest BCUT2D eigenvalue weighted by Gasteiger charge is -2.06. The number of benzene rings is 2. The highest BCUT2D eigenvalue weighted by Gasteiger charge is 2.11. The summed E-state index contributed by atoms with van der Waals surface area (Å²) in [5, 5.41) is 11.8. The van der Waals surface area contributed by atoms with Crippen molar-refractivity contribution in [1.82, 2.24) is 4.98 Å². The highest BCUT2D eigenvalue weighted by Crippen LogP contribution is 2.26. The minimum atomic E-state index is -0.922. The molecule has 0 amide bonds. The summed E-state index contributed by atoms with van der Waals surface area (Å²) in [6, 6.07) is 12.9. The van der Waals surface area contributed by atoms with Crippen molar-refractivity contribution in [3.63, 3.8) is 0 Å². The number of hydrogen-bond donors (Lipinski definition) is 1. The van der Waals surface area contributed by atoms with Crippen LogP contribution in [0.1, 0.15) is 10.4 Å². The van der Waals surface area contributed by atoms with Gasteiger partial charge in [-0.1, -0.05) is 30.3 Å². The highest BCUT2D eigenvalue weighted by molar-refractivity contribution is 6.13. The Morgan fingerprint density at radius 2 is 1.82 bits per heavy atom. The summed E-state index contributed by atoms with van der Waals surface area (Å²) in [6.45, 7) is 0.